The molecule has 3 aromatic carbocycles. The minimum Gasteiger partial charge on any atom is -0.455 e. The third-order valence-electron chi connectivity index (χ3n) is 6.55. The van der Waals surface area contributed by atoms with E-state index >= 15 is 0 Å². The molecule has 7 nitrogen and oxygen atoms in total. The number of hydrogen-bond donors (Lipinski definition) is 3. The van der Waals surface area contributed by atoms with Gasteiger partial charge >= 0.3 is 0 Å². The van der Waals surface area contributed by atoms with Crippen LogP contribution in [0.15, 0.2) is 63.5 Å². The van der Waals surface area contributed by atoms with Crippen molar-refractivity contribution in [3.8, 4) is 11.3 Å². The summed E-state index contributed by atoms with van der Waals surface area (Å²) in [5, 5.41) is 12.5. The summed E-state index contributed by atoms with van der Waals surface area (Å²) in [4.78, 5) is 12.9. The van der Waals surface area contributed by atoms with Crippen molar-refractivity contribution in [3.05, 3.63) is 87.1 Å². The molecule has 1 amide bonds. The molecule has 1 aliphatic rings. The number of fused-ring (bicyclic) bond motifs is 1. The Bertz CT molecular complexity index is 1630. The van der Waals surface area contributed by atoms with Gasteiger partial charge in [-0.2, -0.15) is 0 Å². The van der Waals surface area contributed by atoms with E-state index in [0.717, 1.165) is 28.4 Å². The van der Waals surface area contributed by atoms with E-state index in [1.165, 1.54) is 31.3 Å². The van der Waals surface area contributed by atoms with Crippen molar-refractivity contribution in [1.82, 2.24) is 5.32 Å². The van der Waals surface area contributed by atoms with Gasteiger partial charge in [0.2, 0.25) is 10.0 Å². The predicted octanol–water partition coefficient (Wildman–Crippen LogP) is 5.72. The van der Waals surface area contributed by atoms with E-state index in [1.807, 2.05) is 6.07 Å². The maximum atomic E-state index is 13.5. The maximum Gasteiger partial charge on any atom is 0.255 e. The van der Waals surface area contributed by atoms with Crippen LogP contribution in [-0.2, 0) is 22.2 Å². The lowest BCUT2D eigenvalue weighted by Gasteiger charge is -2.14. The van der Waals surface area contributed by atoms with Crippen LogP contribution in [0.3, 0.4) is 0 Å². The van der Waals surface area contributed by atoms with Crippen molar-refractivity contribution < 1.29 is 27.1 Å². The van der Waals surface area contributed by atoms with E-state index < -0.39 is 15.8 Å². The Hall–Kier alpha value is -3.21. The average molecular weight is 601 g/mol. The summed E-state index contributed by atoms with van der Waals surface area (Å²) in [7, 11) is -2.28. The second kappa shape index (κ2) is 10.5. The van der Waals surface area contributed by atoms with Crippen molar-refractivity contribution in [3.63, 3.8) is 0 Å². The van der Waals surface area contributed by atoms with Crippen molar-refractivity contribution in [2.24, 2.45) is 0 Å². The predicted molar refractivity (Wildman–Crippen MR) is 148 cm³/mol. The van der Waals surface area contributed by atoms with Gasteiger partial charge in [0.15, 0.2) is 0 Å². The molecule has 3 N–H and O–H groups in total. The number of anilines is 1. The number of aliphatic hydroxyl groups is 1. The second-order valence-electron chi connectivity index (χ2n) is 9.36. The molecule has 198 valence electrons. The third-order valence-corrected chi connectivity index (χ3v) is 8.57. The summed E-state index contributed by atoms with van der Waals surface area (Å²) in [5.74, 6) is -0.556. The van der Waals surface area contributed by atoms with E-state index in [-0.39, 0.29) is 29.9 Å². The van der Waals surface area contributed by atoms with Gasteiger partial charge < -0.3 is 14.8 Å². The molecule has 0 atom stereocenters. The number of nitrogens with one attached hydrogen (secondary N) is 2. The monoisotopic (exact) mass is 600 g/mol. The van der Waals surface area contributed by atoms with Crippen molar-refractivity contribution in [2.45, 2.75) is 30.9 Å². The first kappa shape index (κ1) is 26.4. The van der Waals surface area contributed by atoms with Crippen molar-refractivity contribution in [2.75, 3.05) is 18.4 Å². The molecule has 5 rings (SSSR count). The molecule has 0 spiro atoms. The number of carbonyl (C=O) groups is 1. The molecule has 1 heterocycles. The number of aliphatic hydroxyl groups excluding tert-OH is 1. The fourth-order valence-corrected chi connectivity index (χ4v) is 6.24. The first-order chi connectivity index (χ1) is 18.2. The van der Waals surface area contributed by atoms with Crippen LogP contribution >= 0.6 is 15.9 Å². The Balaban J connectivity index is 1.55. The molecule has 1 saturated carbocycles. The zero-order chi connectivity index (χ0) is 27.0. The van der Waals surface area contributed by atoms with Gasteiger partial charge in [0.05, 0.1) is 17.0 Å². The summed E-state index contributed by atoms with van der Waals surface area (Å²) in [5.41, 5.74) is 3.83. The highest BCUT2D eigenvalue weighted by Gasteiger charge is 2.31. The number of furan rings is 1. The molecule has 10 heteroatoms. The maximum absolute atomic E-state index is 13.5. The molecule has 0 saturated heterocycles. The Kier molecular flexibility index (Phi) is 7.30. The summed E-state index contributed by atoms with van der Waals surface area (Å²) < 4.78 is 49.6. The highest BCUT2D eigenvalue weighted by atomic mass is 79.9. The lowest BCUT2D eigenvalue weighted by molar-refractivity contribution is 0.0964. The van der Waals surface area contributed by atoms with Gasteiger partial charge in [-0.15, -0.1) is 0 Å². The number of hydrogen-bond acceptors (Lipinski definition) is 5. The van der Waals surface area contributed by atoms with Crippen LogP contribution in [0.1, 0.15) is 45.8 Å². The van der Waals surface area contributed by atoms with E-state index in [9.17, 15) is 22.7 Å². The molecule has 0 bridgehead atoms. The fourth-order valence-electron chi connectivity index (χ4n) is 4.59. The van der Waals surface area contributed by atoms with E-state index in [0.29, 0.717) is 39.8 Å². The van der Waals surface area contributed by atoms with Gasteiger partial charge in [0, 0.05) is 35.1 Å². The minimum absolute atomic E-state index is 0.0427. The van der Waals surface area contributed by atoms with E-state index in [4.69, 9.17) is 4.42 Å². The largest absolute Gasteiger partial charge is 0.455 e. The van der Waals surface area contributed by atoms with E-state index in [2.05, 4.69) is 26.0 Å². The van der Waals surface area contributed by atoms with Crippen LogP contribution in [0.25, 0.3) is 22.3 Å². The highest BCUT2D eigenvalue weighted by molar-refractivity contribution is 9.10. The van der Waals surface area contributed by atoms with Crippen LogP contribution in [-0.4, -0.2) is 33.1 Å². The lowest BCUT2D eigenvalue weighted by Crippen LogP contribution is -2.18. The third kappa shape index (κ3) is 5.48. The molecular weight excluding hydrogens is 575 g/mol. The SMILES string of the molecule is CNC(=O)c1c(-c2ccc(F)cc2)oc2cc(NS(=O)(=O)Cc3ccc(Br)c(CCO)c3)c(C3CC3)cc12. The number of amides is 1. The highest BCUT2D eigenvalue weighted by Crippen LogP contribution is 2.47. The Labute approximate surface area is 228 Å². The van der Waals surface area contributed by atoms with Crippen LogP contribution in [0.2, 0.25) is 0 Å². The first-order valence-electron chi connectivity index (χ1n) is 12.2. The molecule has 4 aromatic rings. The minimum atomic E-state index is -3.80. The summed E-state index contributed by atoms with van der Waals surface area (Å²) in [6, 6.07) is 14.4. The van der Waals surface area contributed by atoms with Crippen LogP contribution in [0.4, 0.5) is 10.1 Å². The smallest absolute Gasteiger partial charge is 0.255 e. The van der Waals surface area contributed by atoms with E-state index in [1.54, 1.807) is 24.3 Å². The van der Waals surface area contributed by atoms with Crippen molar-refractivity contribution in [1.29, 1.82) is 0 Å². The van der Waals surface area contributed by atoms with Crippen LogP contribution in [0, 0.1) is 5.82 Å². The summed E-state index contributed by atoms with van der Waals surface area (Å²) >= 11 is 3.43. The van der Waals surface area contributed by atoms with Gasteiger partial charge in [0.1, 0.15) is 17.2 Å². The Morgan fingerprint density at radius 2 is 1.87 bits per heavy atom. The number of sulfonamides is 1. The molecule has 0 aliphatic heterocycles. The number of benzene rings is 3. The summed E-state index contributed by atoms with van der Waals surface area (Å²) in [6.45, 7) is -0.0427. The zero-order valence-corrected chi connectivity index (χ0v) is 23.0. The number of rotatable bonds is 9. The Morgan fingerprint density at radius 1 is 1.13 bits per heavy atom. The second-order valence-corrected chi connectivity index (χ2v) is 11.9. The topological polar surface area (TPSA) is 109 Å². The van der Waals surface area contributed by atoms with Gasteiger partial charge in [-0.3, -0.25) is 9.52 Å². The zero-order valence-electron chi connectivity index (χ0n) is 20.6. The quantitative estimate of drug-likeness (QED) is 0.228. The van der Waals surface area contributed by atoms with Gasteiger partial charge in [-0.05, 0) is 78.3 Å². The van der Waals surface area contributed by atoms with Crippen molar-refractivity contribution >= 4 is 48.5 Å². The van der Waals surface area contributed by atoms with Gasteiger partial charge in [-0.25, -0.2) is 12.8 Å². The van der Waals surface area contributed by atoms with Crippen LogP contribution in [0.5, 0.6) is 0 Å². The number of halogens is 2. The molecule has 0 unspecified atom stereocenters. The lowest BCUT2D eigenvalue weighted by atomic mass is 10.0. The van der Waals surface area contributed by atoms with Gasteiger partial charge in [-0.1, -0.05) is 28.1 Å². The summed E-state index contributed by atoms with van der Waals surface area (Å²) in [6.07, 6.45) is 2.23. The molecule has 1 aliphatic carbocycles. The molecule has 0 radical (unpaired) electrons. The molecule has 38 heavy (non-hydrogen) atoms. The van der Waals surface area contributed by atoms with Crippen LogP contribution < -0.4 is 10.0 Å². The number of carbonyl (C=O) groups excluding carboxylic acids is 1. The fraction of sp³-hybridized carbons (Fsp3) is 0.250. The molecule has 1 fully saturated rings. The molecule has 1 aromatic heterocycles. The standard InChI is InChI=1S/C28H26BrFN2O5S/c1-31-28(34)26-22-13-21(17-3-4-17)24(14-25(22)37-27(26)18-5-7-20(30)8-6-18)32-38(35,36)15-16-2-9-23(29)19(12-16)10-11-33/h2,5-9,12-14,17,32-33H,3-4,10-11,15H2,1H3,(H,31,34). The van der Waals surface area contributed by atoms with Gasteiger partial charge in [0.25, 0.3) is 5.91 Å². The normalized spacial score (nSPS) is 13.6. The first-order valence-corrected chi connectivity index (χ1v) is 14.6. The average Bonchev–Trinajstić information content (AvgIpc) is 3.66. The Morgan fingerprint density at radius 3 is 2.53 bits per heavy atom. The molecular formula is C28H26BrFN2O5S.